The third-order valence-corrected chi connectivity index (χ3v) is 16.1. The molecule has 2 heterocycles. The summed E-state index contributed by atoms with van der Waals surface area (Å²) in [6.07, 6.45) is 0.757. The molecule has 11 atom stereocenters. The average Bonchev–Trinajstić information content (AvgIpc) is 3.55. The summed E-state index contributed by atoms with van der Waals surface area (Å²) < 4.78 is 0. The topological polar surface area (TPSA) is 296 Å². The molecule has 462 valence electrons. The van der Waals surface area contributed by atoms with E-state index in [1.54, 1.807) is 105 Å². The fraction of sp³-hybridized carbons (Fsp3) is 0.532. The van der Waals surface area contributed by atoms with Crippen LogP contribution in [0, 0.1) is 5.92 Å². The number of nitrogens with one attached hydrogen (secondary N) is 6. The minimum absolute atomic E-state index is 0.00475. The van der Waals surface area contributed by atoms with Crippen molar-refractivity contribution in [2.75, 3.05) is 41.3 Å². The number of hydrogen-bond acceptors (Lipinski definition) is 12. The third kappa shape index (κ3) is 18.4. The van der Waals surface area contributed by atoms with E-state index in [4.69, 9.17) is 0 Å². The smallest absolute Gasteiger partial charge is 0.246 e. The van der Waals surface area contributed by atoms with Gasteiger partial charge in [-0.05, 0) is 89.3 Å². The van der Waals surface area contributed by atoms with Gasteiger partial charge < -0.3 is 61.5 Å². The van der Waals surface area contributed by atoms with Crippen molar-refractivity contribution < 1.29 is 57.8 Å². The Labute approximate surface area is 498 Å². The Morgan fingerprint density at radius 2 is 1.12 bits per heavy atom. The Bertz CT molecular complexity index is 2830. The zero-order valence-corrected chi connectivity index (χ0v) is 50.8. The molecule has 85 heavy (non-hydrogen) atoms. The zero-order chi connectivity index (χ0) is 62.8. The van der Waals surface area contributed by atoms with Gasteiger partial charge in [0.15, 0.2) is 0 Å². The molecule has 2 saturated heterocycles. The summed E-state index contributed by atoms with van der Waals surface area (Å²) in [5.74, 6) is -7.47. The molecule has 3 aromatic rings. The van der Waals surface area contributed by atoms with E-state index in [-0.39, 0.29) is 63.8 Å². The summed E-state index contributed by atoms with van der Waals surface area (Å²) in [5, 5.41) is 26.0. The number of aliphatic hydroxyl groups is 1. The van der Waals surface area contributed by atoms with Gasteiger partial charge in [-0.1, -0.05) is 105 Å². The van der Waals surface area contributed by atoms with E-state index >= 15 is 0 Å². The third-order valence-electron chi connectivity index (χ3n) is 16.1. The van der Waals surface area contributed by atoms with E-state index < -0.39 is 138 Å². The molecular formula is C62H87N11O12. The van der Waals surface area contributed by atoms with Gasteiger partial charge in [0.1, 0.15) is 67.0 Å². The monoisotopic (exact) mass is 1180 g/mol. The van der Waals surface area contributed by atoms with Gasteiger partial charge in [0.25, 0.3) is 0 Å². The van der Waals surface area contributed by atoms with Gasteiger partial charge in [0.05, 0.1) is 0 Å². The highest BCUT2D eigenvalue weighted by molar-refractivity contribution is 5.99. The van der Waals surface area contributed by atoms with Crippen molar-refractivity contribution in [1.29, 1.82) is 0 Å². The number of carbonyl (C=O) groups is 11. The van der Waals surface area contributed by atoms with Gasteiger partial charge in [0.2, 0.25) is 65.0 Å². The molecule has 2 aliphatic rings. The minimum Gasteiger partial charge on any atom is -0.387 e. The highest BCUT2D eigenvalue weighted by atomic mass is 16.3. The first-order valence-electron chi connectivity index (χ1n) is 29.2. The number of benzene rings is 3. The fourth-order valence-corrected chi connectivity index (χ4v) is 10.6. The van der Waals surface area contributed by atoms with E-state index in [2.05, 4.69) is 31.9 Å². The van der Waals surface area contributed by atoms with Crippen molar-refractivity contribution in [2.45, 2.75) is 166 Å². The van der Waals surface area contributed by atoms with E-state index in [1.165, 1.54) is 73.5 Å². The predicted octanol–water partition coefficient (Wildman–Crippen LogP) is 0.854. The van der Waals surface area contributed by atoms with Crippen molar-refractivity contribution >= 4 is 65.0 Å². The second kappa shape index (κ2) is 31.6. The van der Waals surface area contributed by atoms with E-state index in [1.807, 2.05) is 13.8 Å². The van der Waals surface area contributed by atoms with Crippen LogP contribution in [-0.4, -0.2) is 202 Å². The van der Waals surface area contributed by atoms with Gasteiger partial charge in [0, 0.05) is 60.0 Å². The maximum absolute atomic E-state index is 14.7. The Morgan fingerprint density at radius 1 is 0.576 bits per heavy atom. The summed E-state index contributed by atoms with van der Waals surface area (Å²) in [5.41, 5.74) is 2.09. The lowest BCUT2D eigenvalue weighted by Gasteiger charge is -2.37. The van der Waals surface area contributed by atoms with Gasteiger partial charge in [-0.2, -0.15) is 0 Å². The number of rotatable bonds is 12. The summed E-state index contributed by atoms with van der Waals surface area (Å²) >= 11 is 0. The Kier molecular flexibility index (Phi) is 25.1. The van der Waals surface area contributed by atoms with Crippen LogP contribution in [0.5, 0.6) is 0 Å². The van der Waals surface area contributed by atoms with Crippen LogP contribution in [0.3, 0.4) is 0 Å². The molecule has 2 fully saturated rings. The first kappa shape index (κ1) is 67.6. The lowest BCUT2D eigenvalue weighted by molar-refractivity contribution is -0.153. The maximum atomic E-state index is 14.7. The van der Waals surface area contributed by atoms with Crippen LogP contribution in [0.2, 0.25) is 0 Å². The molecule has 0 aliphatic carbocycles. The normalized spacial score (nSPS) is 25.8. The molecule has 11 amide bonds. The molecular weight excluding hydrogens is 1090 g/mol. The Balaban J connectivity index is 1.51. The molecule has 1 unspecified atom stereocenters. The quantitative estimate of drug-likeness (QED) is 0.133. The Morgan fingerprint density at radius 3 is 1.69 bits per heavy atom. The summed E-state index contributed by atoms with van der Waals surface area (Å²) in [4.78, 5) is 162. The van der Waals surface area contributed by atoms with Gasteiger partial charge >= 0.3 is 0 Å². The van der Waals surface area contributed by atoms with Crippen molar-refractivity contribution in [3.8, 4) is 0 Å². The first-order valence-corrected chi connectivity index (χ1v) is 29.2. The number of aliphatic hydroxyl groups excluding tert-OH is 1. The van der Waals surface area contributed by atoms with Crippen LogP contribution in [0.4, 0.5) is 0 Å². The molecule has 23 nitrogen and oxygen atoms in total. The fourth-order valence-electron chi connectivity index (χ4n) is 10.6. The summed E-state index contributed by atoms with van der Waals surface area (Å²) in [7, 11) is 5.71. The van der Waals surface area contributed by atoms with Crippen LogP contribution in [0.1, 0.15) is 97.3 Å². The van der Waals surface area contributed by atoms with Crippen molar-refractivity contribution in [2.24, 2.45) is 5.92 Å². The SMILES string of the molecule is CC(C)C[C@@H]1NC(=O)[C@@H](NC(=O)[C@H](Cc2ccccc2)NC(=O)CO)CCCCNC(=O)[C@H](Cc2ccccc2)NC(=O)[C@H](C)NC(=O)[C@H](C)N(C)C(=O)[C@H](Cc2ccccc2)N(C)C(=O)[C@H](C)N2C(=O)[C@H](CC2C)N(C)C(=O)[C@H](C)N(C)C1=O. The highest BCUT2D eigenvalue weighted by Crippen LogP contribution is 2.28. The number of hydrogen-bond donors (Lipinski definition) is 7. The largest absolute Gasteiger partial charge is 0.387 e. The lowest BCUT2D eigenvalue weighted by atomic mass is 10.00. The van der Waals surface area contributed by atoms with E-state index in [0.29, 0.717) is 16.7 Å². The van der Waals surface area contributed by atoms with Crippen LogP contribution >= 0.6 is 0 Å². The number of fused-ring (bicyclic) bond motifs is 2. The second-order valence-corrected chi connectivity index (χ2v) is 22.9. The minimum atomic E-state index is -1.32. The van der Waals surface area contributed by atoms with Crippen LogP contribution < -0.4 is 31.9 Å². The number of amides is 11. The lowest BCUT2D eigenvalue weighted by Crippen LogP contribution is -2.59. The van der Waals surface area contributed by atoms with E-state index in [0.717, 1.165) is 0 Å². The molecule has 2 aliphatic heterocycles. The molecule has 0 aromatic heterocycles. The molecule has 0 radical (unpaired) electrons. The average molecular weight is 1180 g/mol. The highest BCUT2D eigenvalue weighted by Gasteiger charge is 2.47. The number of carbonyl (C=O) groups excluding carboxylic acids is 11. The van der Waals surface area contributed by atoms with Gasteiger partial charge in [-0.3, -0.25) is 52.7 Å². The molecule has 7 N–H and O–H groups in total. The van der Waals surface area contributed by atoms with Gasteiger partial charge in [-0.15, -0.1) is 0 Å². The molecule has 0 saturated carbocycles. The molecule has 5 rings (SSSR count). The zero-order valence-electron chi connectivity index (χ0n) is 50.8. The first-order chi connectivity index (χ1) is 40.2. The summed E-state index contributed by atoms with van der Waals surface area (Å²) in [6.45, 7) is 10.5. The summed E-state index contributed by atoms with van der Waals surface area (Å²) in [6, 6.07) is 14.3. The van der Waals surface area contributed by atoms with E-state index in [9.17, 15) is 57.8 Å². The standard InChI is InChI=1S/C62H87N11O12/c1-37(2)31-49-60(83)70(9)41(6)58(81)71(10)50-32-38(3)73(62(50)85)42(7)59(82)72(11)51(35-45-27-19-14-20-28-45)61(84)69(8)40(5)54(77)64-39(4)53(76)67-47(33-43-23-15-12-16-24-43)55(78)63-30-22-21-29-46(56(79)68-49)66-57(80)48(65-52(75)36-74)34-44-25-17-13-18-26-44/h12-20,23-28,37-42,46-51,74H,21-22,29-36H2,1-11H3,(H,63,78)(H,64,77)(H,65,75)(H,66,80)(H,67,76)(H,68,79)/t38?,39-,40-,41-,42-,46-,47-,48-,49-,50-,51-/m0/s1. The second-order valence-electron chi connectivity index (χ2n) is 22.9. The predicted molar refractivity (Wildman–Crippen MR) is 317 cm³/mol. The number of nitrogens with zero attached hydrogens (tertiary/aromatic N) is 5. The van der Waals surface area contributed by atoms with Crippen LogP contribution in [0.25, 0.3) is 0 Å². The van der Waals surface area contributed by atoms with Crippen molar-refractivity contribution in [3.63, 3.8) is 0 Å². The Hall–Kier alpha value is -8.21. The van der Waals surface area contributed by atoms with Gasteiger partial charge in [-0.25, -0.2) is 0 Å². The van der Waals surface area contributed by atoms with Crippen molar-refractivity contribution in [3.05, 3.63) is 108 Å². The van der Waals surface area contributed by atoms with Crippen LogP contribution in [0.15, 0.2) is 91.0 Å². The van der Waals surface area contributed by atoms with Crippen molar-refractivity contribution in [1.82, 2.24) is 56.4 Å². The van der Waals surface area contributed by atoms with Crippen LogP contribution in [-0.2, 0) is 72.0 Å². The molecule has 2 bridgehead atoms. The maximum Gasteiger partial charge on any atom is 0.246 e. The molecule has 23 heteroatoms. The molecule has 0 spiro atoms. The molecule has 3 aromatic carbocycles. The number of likely N-dealkylation sites (N-methyl/N-ethyl adjacent to an activating group) is 4.